The lowest BCUT2D eigenvalue weighted by atomic mass is 9.82. The summed E-state index contributed by atoms with van der Waals surface area (Å²) in [4.78, 5) is 27.1. The van der Waals surface area contributed by atoms with E-state index < -0.39 is 17.8 Å². The van der Waals surface area contributed by atoms with E-state index in [9.17, 15) is 14.7 Å². The van der Waals surface area contributed by atoms with Crippen LogP contribution in [0.2, 0.25) is 0 Å². The van der Waals surface area contributed by atoms with Crippen molar-refractivity contribution >= 4 is 11.9 Å². The second-order valence-corrected chi connectivity index (χ2v) is 7.80. The second-order valence-electron chi connectivity index (χ2n) is 7.80. The van der Waals surface area contributed by atoms with Crippen molar-refractivity contribution in [3.63, 3.8) is 0 Å². The summed E-state index contributed by atoms with van der Waals surface area (Å²) in [5.74, 6) is -2.45. The summed E-state index contributed by atoms with van der Waals surface area (Å²) in [6.45, 7) is 1.05. The number of carboxylic acids is 1. The van der Waals surface area contributed by atoms with E-state index >= 15 is 0 Å². The maximum absolute atomic E-state index is 13.5. The van der Waals surface area contributed by atoms with Crippen LogP contribution in [0.25, 0.3) is 0 Å². The molecule has 0 aliphatic heterocycles. The predicted octanol–water partition coefficient (Wildman–Crippen LogP) is 2.45. The van der Waals surface area contributed by atoms with Crippen LogP contribution in [0.3, 0.4) is 0 Å². The third kappa shape index (κ3) is 3.72. The monoisotopic (exact) mass is 374 g/mol. The van der Waals surface area contributed by atoms with E-state index in [-0.39, 0.29) is 17.7 Å². The number of nitrogens with zero attached hydrogens (tertiary/aromatic N) is 1. The molecule has 1 saturated carbocycles. The molecular formula is C24H24NO3-. The molecular weight excluding hydrogens is 350 g/mol. The number of allylic oxidation sites excluding steroid dienone is 2. The first-order valence-electron chi connectivity index (χ1n) is 9.89. The van der Waals surface area contributed by atoms with Gasteiger partial charge in [-0.3, -0.25) is 4.79 Å². The summed E-state index contributed by atoms with van der Waals surface area (Å²) in [5, 5.41) is 11.8. The molecule has 28 heavy (non-hydrogen) atoms. The quantitative estimate of drug-likeness (QED) is 0.700. The fourth-order valence-electron chi connectivity index (χ4n) is 4.67. The van der Waals surface area contributed by atoms with E-state index in [0.717, 1.165) is 24.0 Å². The van der Waals surface area contributed by atoms with Gasteiger partial charge in [-0.2, -0.15) is 0 Å². The second kappa shape index (κ2) is 8.01. The zero-order valence-corrected chi connectivity index (χ0v) is 15.7. The Labute approximate surface area is 165 Å². The van der Waals surface area contributed by atoms with Crippen molar-refractivity contribution in [2.75, 3.05) is 6.54 Å². The Kier molecular flexibility index (Phi) is 5.29. The fraction of sp³-hybridized carbons (Fsp3) is 0.333. The van der Waals surface area contributed by atoms with Gasteiger partial charge in [-0.05, 0) is 35.8 Å². The molecule has 1 fully saturated rings. The van der Waals surface area contributed by atoms with Crippen molar-refractivity contribution in [2.24, 2.45) is 23.7 Å². The highest BCUT2D eigenvalue weighted by atomic mass is 16.4. The lowest BCUT2D eigenvalue weighted by Gasteiger charge is -2.33. The Bertz CT molecular complexity index is 862. The lowest BCUT2D eigenvalue weighted by Crippen LogP contribution is -2.46. The molecule has 4 atom stereocenters. The molecule has 1 amide bonds. The summed E-state index contributed by atoms with van der Waals surface area (Å²) in [6, 6.07) is 19.9. The van der Waals surface area contributed by atoms with Crippen molar-refractivity contribution < 1.29 is 14.7 Å². The molecule has 4 rings (SSSR count). The van der Waals surface area contributed by atoms with Crippen LogP contribution in [0.1, 0.15) is 17.5 Å². The van der Waals surface area contributed by atoms with Crippen LogP contribution in [0.5, 0.6) is 0 Å². The van der Waals surface area contributed by atoms with E-state index in [4.69, 9.17) is 0 Å². The Morgan fingerprint density at radius 2 is 1.43 bits per heavy atom. The van der Waals surface area contributed by atoms with Crippen molar-refractivity contribution in [1.82, 2.24) is 4.90 Å². The minimum absolute atomic E-state index is 0.00963. The van der Waals surface area contributed by atoms with Gasteiger partial charge < -0.3 is 14.8 Å². The topological polar surface area (TPSA) is 60.4 Å². The van der Waals surface area contributed by atoms with Crippen LogP contribution in [0, 0.1) is 23.7 Å². The van der Waals surface area contributed by atoms with Crippen molar-refractivity contribution in [2.45, 2.75) is 19.4 Å². The smallest absolute Gasteiger partial charge is 0.227 e. The van der Waals surface area contributed by atoms with E-state index in [0.29, 0.717) is 13.1 Å². The Balaban J connectivity index is 1.56. The van der Waals surface area contributed by atoms with E-state index in [1.54, 1.807) is 0 Å². The van der Waals surface area contributed by atoms with Crippen molar-refractivity contribution in [3.05, 3.63) is 83.9 Å². The number of hydrogen-bond donors (Lipinski definition) is 0. The van der Waals surface area contributed by atoms with Gasteiger partial charge in [0.25, 0.3) is 0 Å². The van der Waals surface area contributed by atoms with Crippen LogP contribution in [0.4, 0.5) is 0 Å². The minimum Gasteiger partial charge on any atom is -0.550 e. The number of rotatable bonds is 7. The summed E-state index contributed by atoms with van der Waals surface area (Å²) in [5.41, 5.74) is 2.21. The molecule has 2 bridgehead atoms. The summed E-state index contributed by atoms with van der Waals surface area (Å²) in [7, 11) is 0. The SMILES string of the molecule is O=C([O-])[C@H]1[C@@H](C(=O)N(CCc2ccccc2)Cc2ccccc2)[C@@H]2C=C[C@H]1C2. The predicted molar refractivity (Wildman–Crippen MR) is 105 cm³/mol. The Hall–Kier alpha value is -2.88. The third-order valence-electron chi connectivity index (χ3n) is 6.06. The lowest BCUT2D eigenvalue weighted by molar-refractivity contribution is -0.313. The molecule has 2 aliphatic carbocycles. The number of fused-ring (bicyclic) bond motifs is 2. The maximum Gasteiger partial charge on any atom is 0.227 e. The molecule has 0 heterocycles. The van der Waals surface area contributed by atoms with Gasteiger partial charge in [0.1, 0.15) is 0 Å². The number of amides is 1. The molecule has 4 heteroatoms. The van der Waals surface area contributed by atoms with Gasteiger partial charge in [-0.1, -0.05) is 72.8 Å². The van der Waals surface area contributed by atoms with Gasteiger partial charge >= 0.3 is 0 Å². The average molecular weight is 374 g/mol. The molecule has 0 N–H and O–H groups in total. The van der Waals surface area contributed by atoms with Crippen LogP contribution in [-0.2, 0) is 22.6 Å². The molecule has 144 valence electrons. The molecule has 0 unspecified atom stereocenters. The maximum atomic E-state index is 13.5. The van der Waals surface area contributed by atoms with Crippen LogP contribution in [0.15, 0.2) is 72.8 Å². The number of carbonyl (C=O) groups excluding carboxylic acids is 2. The van der Waals surface area contributed by atoms with Gasteiger partial charge in [-0.15, -0.1) is 0 Å². The molecule has 0 radical (unpaired) electrons. The normalized spacial score (nSPS) is 25.0. The van der Waals surface area contributed by atoms with E-state index in [1.807, 2.05) is 65.6 Å². The van der Waals surface area contributed by atoms with Crippen molar-refractivity contribution in [1.29, 1.82) is 0 Å². The first-order valence-corrected chi connectivity index (χ1v) is 9.89. The molecule has 2 aromatic carbocycles. The van der Waals surface area contributed by atoms with Gasteiger partial charge in [-0.25, -0.2) is 0 Å². The molecule has 0 aromatic heterocycles. The first kappa shape index (κ1) is 18.5. The fourth-order valence-corrected chi connectivity index (χ4v) is 4.67. The highest BCUT2D eigenvalue weighted by Crippen LogP contribution is 2.48. The van der Waals surface area contributed by atoms with Crippen LogP contribution < -0.4 is 5.11 Å². The van der Waals surface area contributed by atoms with Crippen LogP contribution in [-0.4, -0.2) is 23.3 Å². The van der Waals surface area contributed by atoms with Gasteiger partial charge in [0.15, 0.2) is 0 Å². The minimum atomic E-state index is -1.10. The highest BCUT2D eigenvalue weighted by molar-refractivity contribution is 5.86. The van der Waals surface area contributed by atoms with Gasteiger partial charge in [0, 0.05) is 25.0 Å². The summed E-state index contributed by atoms with van der Waals surface area (Å²) < 4.78 is 0. The number of aliphatic carboxylic acids is 1. The molecule has 4 nitrogen and oxygen atoms in total. The standard InChI is InChI=1S/C24H25NO3/c26-23(21-19-11-12-20(15-19)22(21)24(27)28)25(16-18-9-5-2-6-10-18)14-13-17-7-3-1-4-8-17/h1-12,19-22H,13-16H2,(H,27,28)/p-1/t19-,20+,21+,22-/m1/s1. The number of carboxylic acid groups (broad SMARTS) is 1. The van der Waals surface area contributed by atoms with Gasteiger partial charge in [0.2, 0.25) is 5.91 Å². The van der Waals surface area contributed by atoms with Gasteiger partial charge in [0.05, 0.1) is 5.92 Å². The first-order chi connectivity index (χ1) is 13.6. The molecule has 2 aliphatic rings. The summed E-state index contributed by atoms with van der Waals surface area (Å²) in [6.07, 6.45) is 5.45. The average Bonchev–Trinajstić information content (AvgIpc) is 3.34. The Morgan fingerprint density at radius 3 is 2.04 bits per heavy atom. The van der Waals surface area contributed by atoms with Crippen LogP contribution >= 0.6 is 0 Å². The zero-order chi connectivity index (χ0) is 19.5. The molecule has 0 spiro atoms. The zero-order valence-electron chi connectivity index (χ0n) is 15.7. The van der Waals surface area contributed by atoms with E-state index in [2.05, 4.69) is 12.1 Å². The number of benzene rings is 2. The number of carbonyl (C=O) groups is 2. The third-order valence-corrected chi connectivity index (χ3v) is 6.06. The largest absolute Gasteiger partial charge is 0.550 e. The number of hydrogen-bond acceptors (Lipinski definition) is 3. The molecule has 0 saturated heterocycles. The highest BCUT2D eigenvalue weighted by Gasteiger charge is 2.49. The Morgan fingerprint density at radius 1 is 0.857 bits per heavy atom. The van der Waals surface area contributed by atoms with E-state index in [1.165, 1.54) is 0 Å². The molecule has 2 aromatic rings. The summed E-state index contributed by atoms with van der Waals surface area (Å²) >= 11 is 0. The van der Waals surface area contributed by atoms with Crippen molar-refractivity contribution in [3.8, 4) is 0 Å².